The van der Waals surface area contributed by atoms with Crippen LogP contribution in [-0.2, 0) is 0 Å². The van der Waals surface area contributed by atoms with Crippen molar-refractivity contribution in [2.75, 3.05) is 0 Å². The van der Waals surface area contributed by atoms with Crippen LogP contribution in [0.2, 0.25) is 0 Å². The minimum absolute atomic E-state index is 0.429. The van der Waals surface area contributed by atoms with Crippen LogP contribution in [0.15, 0.2) is 17.3 Å². The smallest absolute Gasteiger partial charge is 0.0645 e. The van der Waals surface area contributed by atoms with Gasteiger partial charge in [-0.3, -0.25) is 0 Å². The predicted octanol–water partition coefficient (Wildman–Crippen LogP) is 2.97. The van der Waals surface area contributed by atoms with Gasteiger partial charge in [0.05, 0.1) is 5.71 Å². The fourth-order valence-electron chi connectivity index (χ4n) is 3.77. The molecule has 1 spiro atoms. The Kier molecular flexibility index (Phi) is 1.47. The molecule has 2 nitrogen and oxygen atoms in total. The average Bonchev–Trinajstić information content (AvgIpc) is 2.75. The van der Waals surface area contributed by atoms with E-state index in [-0.39, 0.29) is 0 Å². The second kappa shape index (κ2) is 2.41. The summed E-state index contributed by atoms with van der Waals surface area (Å²) in [4.78, 5) is 0. The van der Waals surface area contributed by atoms with Crippen molar-refractivity contribution in [2.45, 2.75) is 39.0 Å². The summed E-state index contributed by atoms with van der Waals surface area (Å²) < 4.78 is 0. The highest BCUT2D eigenvalue weighted by Gasteiger charge is 2.69. The molecule has 3 rings (SSSR count). The zero-order chi connectivity index (χ0) is 9.81. The summed E-state index contributed by atoms with van der Waals surface area (Å²) in [6, 6.07) is 0. The van der Waals surface area contributed by atoms with Crippen molar-refractivity contribution in [3.8, 4) is 0 Å². The van der Waals surface area contributed by atoms with Crippen molar-refractivity contribution in [3.63, 3.8) is 0 Å². The van der Waals surface area contributed by atoms with Gasteiger partial charge in [0.1, 0.15) is 0 Å². The maximum atomic E-state index is 9.03. The van der Waals surface area contributed by atoms with Crippen LogP contribution in [0.5, 0.6) is 0 Å². The van der Waals surface area contributed by atoms with Gasteiger partial charge in [-0.15, -0.1) is 0 Å². The molecule has 0 heterocycles. The van der Waals surface area contributed by atoms with Crippen molar-refractivity contribution < 1.29 is 5.21 Å². The molecule has 0 aliphatic heterocycles. The van der Waals surface area contributed by atoms with Gasteiger partial charge in [-0.05, 0) is 36.5 Å². The lowest BCUT2D eigenvalue weighted by molar-refractivity contribution is 0.306. The van der Waals surface area contributed by atoms with Gasteiger partial charge >= 0.3 is 0 Å². The van der Waals surface area contributed by atoms with Crippen molar-refractivity contribution >= 4 is 5.71 Å². The fraction of sp³-hybridized carbons (Fsp3) is 0.750. The molecule has 3 unspecified atom stereocenters. The van der Waals surface area contributed by atoms with Crippen LogP contribution in [-0.4, -0.2) is 10.9 Å². The van der Waals surface area contributed by atoms with E-state index in [0.717, 1.165) is 12.1 Å². The molecule has 76 valence electrons. The topological polar surface area (TPSA) is 32.6 Å². The highest BCUT2D eigenvalue weighted by atomic mass is 16.4. The van der Waals surface area contributed by atoms with Crippen LogP contribution in [0, 0.1) is 16.7 Å². The van der Waals surface area contributed by atoms with Gasteiger partial charge in [-0.2, -0.15) is 0 Å². The molecule has 0 saturated heterocycles. The molecular formula is C12H17NO. The Labute approximate surface area is 84.7 Å². The molecule has 3 aliphatic rings. The Bertz CT molecular complexity index is 333. The summed E-state index contributed by atoms with van der Waals surface area (Å²) in [5.74, 6) is 0.444. The molecule has 0 bridgehead atoms. The Morgan fingerprint density at radius 2 is 2.36 bits per heavy atom. The van der Waals surface area contributed by atoms with Crippen LogP contribution in [0.1, 0.15) is 39.0 Å². The van der Waals surface area contributed by atoms with E-state index in [1.165, 1.54) is 25.7 Å². The zero-order valence-electron chi connectivity index (χ0n) is 8.66. The van der Waals surface area contributed by atoms with Gasteiger partial charge in [-0.25, -0.2) is 0 Å². The van der Waals surface area contributed by atoms with Gasteiger partial charge in [0.15, 0.2) is 0 Å². The molecule has 0 aromatic carbocycles. The summed E-state index contributed by atoms with van der Waals surface area (Å²) in [6.07, 6.45) is 10.7. The number of rotatable bonds is 0. The van der Waals surface area contributed by atoms with Crippen molar-refractivity contribution in [1.82, 2.24) is 0 Å². The molecular weight excluding hydrogens is 174 g/mol. The maximum absolute atomic E-state index is 9.03. The van der Waals surface area contributed by atoms with Crippen molar-refractivity contribution in [2.24, 2.45) is 21.9 Å². The first-order valence-electron chi connectivity index (χ1n) is 5.62. The van der Waals surface area contributed by atoms with Crippen LogP contribution in [0.25, 0.3) is 0 Å². The van der Waals surface area contributed by atoms with E-state index < -0.39 is 0 Å². The lowest BCUT2D eigenvalue weighted by Crippen LogP contribution is -2.21. The monoisotopic (exact) mass is 191 g/mol. The summed E-state index contributed by atoms with van der Waals surface area (Å²) in [6.45, 7) is 2.35. The van der Waals surface area contributed by atoms with Crippen molar-refractivity contribution in [1.29, 1.82) is 0 Å². The summed E-state index contributed by atoms with van der Waals surface area (Å²) in [7, 11) is 0. The lowest BCUT2D eigenvalue weighted by Gasteiger charge is -2.21. The molecule has 14 heavy (non-hydrogen) atoms. The van der Waals surface area contributed by atoms with Gasteiger partial charge in [0, 0.05) is 5.92 Å². The number of oxime groups is 1. The number of allylic oxidation sites excluding steroid dienone is 2. The highest BCUT2D eigenvalue weighted by molar-refractivity contribution is 5.90. The molecule has 1 N–H and O–H groups in total. The second-order valence-corrected chi connectivity index (χ2v) is 5.39. The molecule has 2 heteroatoms. The summed E-state index contributed by atoms with van der Waals surface area (Å²) in [5, 5.41) is 12.6. The third-order valence-electron chi connectivity index (χ3n) is 4.74. The quantitative estimate of drug-likeness (QED) is 0.356. The Morgan fingerprint density at radius 3 is 3.07 bits per heavy atom. The van der Waals surface area contributed by atoms with E-state index in [2.05, 4.69) is 24.2 Å². The minimum atomic E-state index is 0.429. The highest BCUT2D eigenvalue weighted by Crippen LogP contribution is 2.75. The largest absolute Gasteiger partial charge is 0.411 e. The molecule has 3 atom stereocenters. The van der Waals surface area contributed by atoms with Crippen LogP contribution >= 0.6 is 0 Å². The van der Waals surface area contributed by atoms with Gasteiger partial charge in [0.25, 0.3) is 0 Å². The van der Waals surface area contributed by atoms with Gasteiger partial charge in [-0.1, -0.05) is 30.7 Å². The average molecular weight is 191 g/mol. The first-order chi connectivity index (χ1) is 6.72. The third-order valence-corrected chi connectivity index (χ3v) is 4.74. The molecule has 0 amide bonds. The maximum Gasteiger partial charge on any atom is 0.0645 e. The summed E-state index contributed by atoms with van der Waals surface area (Å²) >= 11 is 0. The number of hydrogen-bond donors (Lipinski definition) is 1. The molecule has 0 radical (unpaired) electrons. The first kappa shape index (κ1) is 8.51. The normalized spacial score (nSPS) is 52.6. The molecule has 2 fully saturated rings. The standard InChI is InChI=1S/C12H17NO/c1-11-7-5-9-10(13-14)4-2-3-6-12(9,11)8-11/h5,7,9,14H,2-4,6,8H2,1H3. The fourth-order valence-corrected chi connectivity index (χ4v) is 3.77. The summed E-state index contributed by atoms with van der Waals surface area (Å²) in [5.41, 5.74) is 1.91. The van der Waals surface area contributed by atoms with Crippen LogP contribution < -0.4 is 0 Å². The van der Waals surface area contributed by atoms with Crippen LogP contribution in [0.4, 0.5) is 0 Å². The van der Waals surface area contributed by atoms with Crippen molar-refractivity contribution in [3.05, 3.63) is 12.2 Å². The minimum Gasteiger partial charge on any atom is -0.411 e. The number of nitrogens with zero attached hydrogens (tertiary/aromatic N) is 1. The Hall–Kier alpha value is -0.790. The zero-order valence-corrected chi connectivity index (χ0v) is 8.66. The van der Waals surface area contributed by atoms with E-state index in [0.29, 0.717) is 16.7 Å². The first-order valence-corrected chi connectivity index (χ1v) is 5.62. The Morgan fingerprint density at radius 1 is 1.50 bits per heavy atom. The van der Waals surface area contributed by atoms with E-state index in [4.69, 9.17) is 5.21 Å². The predicted molar refractivity (Wildman–Crippen MR) is 55.5 cm³/mol. The van der Waals surface area contributed by atoms with Gasteiger partial charge in [0.2, 0.25) is 0 Å². The molecule has 0 aromatic rings. The molecule has 0 aromatic heterocycles. The third kappa shape index (κ3) is 0.800. The van der Waals surface area contributed by atoms with E-state index in [1.54, 1.807) is 0 Å². The molecule has 2 saturated carbocycles. The lowest BCUT2D eigenvalue weighted by atomic mass is 9.83. The Balaban J connectivity index is 2.01. The van der Waals surface area contributed by atoms with Crippen LogP contribution in [0.3, 0.4) is 0 Å². The van der Waals surface area contributed by atoms with E-state index >= 15 is 0 Å². The number of hydrogen-bond acceptors (Lipinski definition) is 2. The molecule has 3 aliphatic carbocycles. The second-order valence-electron chi connectivity index (χ2n) is 5.39. The van der Waals surface area contributed by atoms with E-state index in [9.17, 15) is 0 Å². The SMILES string of the molecule is CC12C=CC3C(=NO)CCCCC31C2. The van der Waals surface area contributed by atoms with Gasteiger partial charge < -0.3 is 5.21 Å². The van der Waals surface area contributed by atoms with E-state index in [1.807, 2.05) is 0 Å².